The van der Waals surface area contributed by atoms with Crippen LogP contribution in [0.4, 0.5) is 0 Å². The fourth-order valence-corrected chi connectivity index (χ4v) is 3.63. The summed E-state index contributed by atoms with van der Waals surface area (Å²) in [6.07, 6.45) is 12.7. The standard InChI is InChI=1S/C15H25N3S/c1-2-13(16)8-12-9-17-15(18-10-12)11-19-14-6-4-3-5-7-14/h9-10,13-14H,2-8,11,16H2,1H3. The van der Waals surface area contributed by atoms with Crippen molar-refractivity contribution in [3.8, 4) is 0 Å². The van der Waals surface area contributed by atoms with E-state index >= 15 is 0 Å². The molecule has 1 aromatic rings. The summed E-state index contributed by atoms with van der Waals surface area (Å²) in [6.45, 7) is 2.11. The van der Waals surface area contributed by atoms with Gasteiger partial charge in [0.05, 0.1) is 5.75 Å². The van der Waals surface area contributed by atoms with Crippen molar-refractivity contribution >= 4 is 11.8 Å². The fraction of sp³-hybridized carbons (Fsp3) is 0.733. The summed E-state index contributed by atoms with van der Waals surface area (Å²) < 4.78 is 0. The van der Waals surface area contributed by atoms with E-state index in [9.17, 15) is 0 Å². The van der Waals surface area contributed by atoms with Crippen LogP contribution in [0, 0.1) is 0 Å². The van der Waals surface area contributed by atoms with Crippen molar-refractivity contribution in [2.24, 2.45) is 5.73 Å². The summed E-state index contributed by atoms with van der Waals surface area (Å²) in [7, 11) is 0. The Morgan fingerprint density at radius 2 is 1.95 bits per heavy atom. The van der Waals surface area contributed by atoms with E-state index in [1.807, 2.05) is 24.2 Å². The summed E-state index contributed by atoms with van der Waals surface area (Å²) in [5, 5.41) is 0.825. The van der Waals surface area contributed by atoms with Crippen LogP contribution >= 0.6 is 11.8 Å². The first-order valence-corrected chi connectivity index (χ1v) is 8.49. The summed E-state index contributed by atoms with van der Waals surface area (Å²) in [4.78, 5) is 8.93. The number of aromatic nitrogens is 2. The molecule has 1 atom stereocenters. The van der Waals surface area contributed by atoms with Gasteiger partial charge in [-0.15, -0.1) is 0 Å². The first-order valence-electron chi connectivity index (χ1n) is 7.45. The van der Waals surface area contributed by atoms with E-state index in [0.717, 1.165) is 35.2 Å². The third kappa shape index (κ3) is 5.11. The molecule has 106 valence electrons. The van der Waals surface area contributed by atoms with Crippen molar-refractivity contribution in [3.63, 3.8) is 0 Å². The second-order valence-electron chi connectivity index (χ2n) is 5.45. The van der Waals surface area contributed by atoms with E-state index in [4.69, 9.17) is 5.73 Å². The Hall–Kier alpha value is -0.610. The average Bonchev–Trinajstić information content (AvgIpc) is 2.47. The van der Waals surface area contributed by atoms with Gasteiger partial charge in [-0.05, 0) is 31.2 Å². The van der Waals surface area contributed by atoms with Gasteiger partial charge in [0.15, 0.2) is 0 Å². The largest absolute Gasteiger partial charge is 0.327 e. The maximum absolute atomic E-state index is 5.94. The second kappa shape index (κ2) is 7.85. The van der Waals surface area contributed by atoms with Crippen molar-refractivity contribution < 1.29 is 0 Å². The van der Waals surface area contributed by atoms with Gasteiger partial charge in [-0.2, -0.15) is 11.8 Å². The van der Waals surface area contributed by atoms with Crippen LogP contribution in [0.25, 0.3) is 0 Å². The monoisotopic (exact) mass is 279 g/mol. The molecule has 0 amide bonds. The molecule has 1 aliphatic carbocycles. The van der Waals surface area contributed by atoms with Crippen LogP contribution in [0.5, 0.6) is 0 Å². The molecule has 1 unspecified atom stereocenters. The fourth-order valence-electron chi connectivity index (χ4n) is 2.43. The Labute approximate surface area is 120 Å². The second-order valence-corrected chi connectivity index (χ2v) is 6.74. The van der Waals surface area contributed by atoms with Crippen LogP contribution in [0.15, 0.2) is 12.4 Å². The minimum absolute atomic E-state index is 0.228. The highest BCUT2D eigenvalue weighted by Crippen LogP contribution is 2.29. The van der Waals surface area contributed by atoms with Crippen LogP contribution < -0.4 is 5.73 Å². The van der Waals surface area contributed by atoms with E-state index in [1.165, 1.54) is 32.1 Å². The van der Waals surface area contributed by atoms with Crippen molar-refractivity contribution in [3.05, 3.63) is 23.8 Å². The SMILES string of the molecule is CCC(N)Cc1cnc(CSC2CCCCC2)nc1. The molecule has 0 radical (unpaired) electrons. The normalized spacial score (nSPS) is 18.4. The number of hydrogen-bond donors (Lipinski definition) is 1. The van der Waals surface area contributed by atoms with E-state index in [0.29, 0.717) is 0 Å². The van der Waals surface area contributed by atoms with E-state index in [2.05, 4.69) is 16.9 Å². The van der Waals surface area contributed by atoms with E-state index in [-0.39, 0.29) is 6.04 Å². The molecule has 0 aromatic carbocycles. The molecule has 1 aromatic heterocycles. The minimum Gasteiger partial charge on any atom is -0.327 e. The molecule has 0 spiro atoms. The highest BCUT2D eigenvalue weighted by molar-refractivity contribution is 7.99. The van der Waals surface area contributed by atoms with E-state index in [1.54, 1.807) is 0 Å². The van der Waals surface area contributed by atoms with Gasteiger partial charge in [0.1, 0.15) is 5.82 Å². The van der Waals surface area contributed by atoms with Gasteiger partial charge < -0.3 is 5.73 Å². The lowest BCUT2D eigenvalue weighted by atomic mass is 10.0. The number of hydrogen-bond acceptors (Lipinski definition) is 4. The first-order chi connectivity index (χ1) is 9.28. The molecule has 1 heterocycles. The van der Waals surface area contributed by atoms with Gasteiger partial charge in [-0.3, -0.25) is 0 Å². The van der Waals surface area contributed by atoms with Crippen LogP contribution in [0.2, 0.25) is 0 Å². The topological polar surface area (TPSA) is 51.8 Å². The van der Waals surface area contributed by atoms with Crippen molar-refractivity contribution in [2.45, 2.75) is 68.9 Å². The molecule has 1 aliphatic rings. The molecule has 1 saturated carbocycles. The summed E-state index contributed by atoms with van der Waals surface area (Å²) in [5.74, 6) is 1.91. The predicted molar refractivity (Wildman–Crippen MR) is 82.2 cm³/mol. The third-order valence-electron chi connectivity index (χ3n) is 3.78. The molecule has 0 aliphatic heterocycles. The Morgan fingerprint density at radius 3 is 2.58 bits per heavy atom. The van der Waals surface area contributed by atoms with Gasteiger partial charge in [-0.1, -0.05) is 26.2 Å². The zero-order valence-electron chi connectivity index (χ0n) is 11.8. The molecular formula is C15H25N3S. The molecule has 4 heteroatoms. The lowest BCUT2D eigenvalue weighted by Gasteiger charge is -2.20. The van der Waals surface area contributed by atoms with Gasteiger partial charge in [0.2, 0.25) is 0 Å². The van der Waals surface area contributed by atoms with Gasteiger partial charge in [0.25, 0.3) is 0 Å². The van der Waals surface area contributed by atoms with Crippen LogP contribution in [0.3, 0.4) is 0 Å². The Kier molecular flexibility index (Phi) is 6.11. The maximum Gasteiger partial charge on any atom is 0.138 e. The van der Waals surface area contributed by atoms with Crippen LogP contribution in [-0.2, 0) is 12.2 Å². The Morgan fingerprint density at radius 1 is 1.26 bits per heavy atom. The first kappa shape index (κ1) is 14.8. The zero-order chi connectivity index (χ0) is 13.5. The van der Waals surface area contributed by atoms with Gasteiger partial charge in [-0.25, -0.2) is 9.97 Å². The summed E-state index contributed by atoms with van der Waals surface area (Å²) >= 11 is 2.03. The molecule has 0 bridgehead atoms. The van der Waals surface area contributed by atoms with Crippen molar-refractivity contribution in [1.29, 1.82) is 0 Å². The molecule has 2 N–H and O–H groups in total. The summed E-state index contributed by atoms with van der Waals surface area (Å²) in [5.41, 5.74) is 7.09. The minimum atomic E-state index is 0.228. The number of rotatable bonds is 6. The smallest absolute Gasteiger partial charge is 0.138 e. The average molecular weight is 279 g/mol. The molecule has 1 fully saturated rings. The maximum atomic E-state index is 5.94. The van der Waals surface area contributed by atoms with Gasteiger partial charge >= 0.3 is 0 Å². The molecule has 19 heavy (non-hydrogen) atoms. The molecule has 2 rings (SSSR count). The number of nitrogens with zero attached hydrogens (tertiary/aromatic N) is 2. The highest BCUT2D eigenvalue weighted by Gasteiger charge is 2.14. The summed E-state index contributed by atoms with van der Waals surface area (Å²) in [6, 6.07) is 0.228. The van der Waals surface area contributed by atoms with Crippen LogP contribution in [0.1, 0.15) is 56.8 Å². The third-order valence-corrected chi connectivity index (χ3v) is 5.15. The lowest BCUT2D eigenvalue weighted by molar-refractivity contribution is 0.516. The number of nitrogens with two attached hydrogens (primary N) is 1. The Balaban J connectivity index is 1.77. The molecule has 3 nitrogen and oxygen atoms in total. The quantitative estimate of drug-likeness (QED) is 0.868. The highest BCUT2D eigenvalue weighted by atomic mass is 32.2. The zero-order valence-corrected chi connectivity index (χ0v) is 12.7. The van der Waals surface area contributed by atoms with Crippen molar-refractivity contribution in [2.75, 3.05) is 0 Å². The molecular weight excluding hydrogens is 254 g/mol. The lowest BCUT2D eigenvalue weighted by Crippen LogP contribution is -2.21. The van der Waals surface area contributed by atoms with Gasteiger partial charge in [0, 0.05) is 23.7 Å². The van der Waals surface area contributed by atoms with Crippen LogP contribution in [-0.4, -0.2) is 21.3 Å². The number of thioether (sulfide) groups is 1. The Bertz CT molecular complexity index is 360. The van der Waals surface area contributed by atoms with E-state index < -0.39 is 0 Å². The molecule has 0 saturated heterocycles. The van der Waals surface area contributed by atoms with Crippen molar-refractivity contribution in [1.82, 2.24) is 9.97 Å². The predicted octanol–water partition coefficient (Wildman–Crippen LogP) is 3.32.